The fourth-order valence-corrected chi connectivity index (χ4v) is 4.76. The lowest BCUT2D eigenvalue weighted by Crippen LogP contribution is -2.45. The average Bonchev–Trinajstić information content (AvgIpc) is 3.12. The standard InChI is InChI=1S/C18H18ClFN2O3S/c19-14-7-9-15(10-8-14)26(24,25)22-11-3-6-17(22)18(23)21-12-13-4-1-2-5-16(13)20/h1-2,4-5,7-10,17H,3,6,11-12H2,(H,21,23)/t17-/m0/s1. The zero-order valence-electron chi connectivity index (χ0n) is 13.9. The molecule has 0 aromatic heterocycles. The van der Waals surface area contributed by atoms with Gasteiger partial charge in [0, 0.05) is 23.7 Å². The maximum Gasteiger partial charge on any atom is 0.243 e. The first-order valence-electron chi connectivity index (χ1n) is 8.18. The van der Waals surface area contributed by atoms with Gasteiger partial charge in [-0.05, 0) is 43.2 Å². The van der Waals surface area contributed by atoms with E-state index in [0.717, 1.165) is 0 Å². The van der Waals surface area contributed by atoms with Crippen LogP contribution < -0.4 is 5.32 Å². The Balaban J connectivity index is 1.74. The van der Waals surface area contributed by atoms with Crippen LogP contribution >= 0.6 is 11.6 Å². The number of benzene rings is 2. The Hall–Kier alpha value is -1.96. The molecule has 0 radical (unpaired) electrons. The van der Waals surface area contributed by atoms with Crippen LogP contribution in [0, 0.1) is 5.82 Å². The zero-order chi connectivity index (χ0) is 18.7. The molecule has 0 bridgehead atoms. The third-order valence-corrected chi connectivity index (χ3v) is 6.51. The van der Waals surface area contributed by atoms with E-state index in [4.69, 9.17) is 11.6 Å². The minimum Gasteiger partial charge on any atom is -0.351 e. The van der Waals surface area contributed by atoms with E-state index in [-0.39, 0.29) is 18.0 Å². The molecule has 1 saturated heterocycles. The molecule has 1 N–H and O–H groups in total. The summed E-state index contributed by atoms with van der Waals surface area (Å²) >= 11 is 5.81. The van der Waals surface area contributed by atoms with Gasteiger partial charge in [0.05, 0.1) is 4.90 Å². The molecule has 2 aromatic rings. The smallest absolute Gasteiger partial charge is 0.243 e. The van der Waals surface area contributed by atoms with E-state index in [1.165, 1.54) is 34.6 Å². The molecule has 0 saturated carbocycles. The summed E-state index contributed by atoms with van der Waals surface area (Å²) in [6.07, 6.45) is 1.01. The molecular formula is C18H18ClFN2O3S. The van der Waals surface area contributed by atoms with Gasteiger partial charge in [-0.3, -0.25) is 4.79 Å². The van der Waals surface area contributed by atoms with Gasteiger partial charge >= 0.3 is 0 Å². The lowest BCUT2D eigenvalue weighted by molar-refractivity contribution is -0.124. The summed E-state index contributed by atoms with van der Waals surface area (Å²) in [7, 11) is -3.80. The van der Waals surface area contributed by atoms with Crippen molar-refractivity contribution in [3.63, 3.8) is 0 Å². The maximum atomic E-state index is 13.7. The second-order valence-electron chi connectivity index (χ2n) is 6.04. The van der Waals surface area contributed by atoms with Gasteiger partial charge < -0.3 is 5.32 Å². The first-order chi connectivity index (χ1) is 12.4. The van der Waals surface area contributed by atoms with E-state index in [1.807, 2.05) is 0 Å². The highest BCUT2D eigenvalue weighted by Gasteiger charge is 2.39. The van der Waals surface area contributed by atoms with Crippen LogP contribution in [0.1, 0.15) is 18.4 Å². The highest BCUT2D eigenvalue weighted by atomic mass is 35.5. The van der Waals surface area contributed by atoms with Crippen LogP contribution in [0.2, 0.25) is 5.02 Å². The molecule has 5 nitrogen and oxygen atoms in total. The van der Waals surface area contributed by atoms with Crippen molar-refractivity contribution in [3.05, 3.63) is 64.9 Å². The average molecular weight is 397 g/mol. The van der Waals surface area contributed by atoms with Crippen LogP contribution in [0.15, 0.2) is 53.4 Å². The molecule has 8 heteroatoms. The quantitative estimate of drug-likeness (QED) is 0.845. The molecule has 2 aromatic carbocycles. The van der Waals surface area contributed by atoms with E-state index in [1.54, 1.807) is 18.2 Å². The van der Waals surface area contributed by atoms with Crippen LogP contribution in [0.5, 0.6) is 0 Å². The van der Waals surface area contributed by atoms with Crippen LogP contribution in [-0.4, -0.2) is 31.2 Å². The Morgan fingerprint density at radius 1 is 1.19 bits per heavy atom. The molecule has 0 unspecified atom stereocenters. The van der Waals surface area contributed by atoms with Gasteiger partial charge in [0.25, 0.3) is 0 Å². The summed E-state index contributed by atoms with van der Waals surface area (Å²) in [4.78, 5) is 12.6. The largest absolute Gasteiger partial charge is 0.351 e. The normalized spacial score (nSPS) is 18.0. The number of sulfonamides is 1. The second-order valence-corrected chi connectivity index (χ2v) is 8.36. The molecular weight excluding hydrogens is 379 g/mol. The maximum absolute atomic E-state index is 13.7. The Bertz CT molecular complexity index is 903. The zero-order valence-corrected chi connectivity index (χ0v) is 15.4. The number of nitrogens with zero attached hydrogens (tertiary/aromatic N) is 1. The van der Waals surface area contributed by atoms with E-state index >= 15 is 0 Å². The summed E-state index contributed by atoms with van der Waals surface area (Å²) in [6, 6.07) is 11.2. The van der Waals surface area contributed by atoms with Gasteiger partial charge in [-0.2, -0.15) is 4.31 Å². The molecule has 26 heavy (non-hydrogen) atoms. The minimum atomic E-state index is -3.80. The van der Waals surface area contributed by atoms with Crippen molar-refractivity contribution in [2.75, 3.05) is 6.54 Å². The highest BCUT2D eigenvalue weighted by Crippen LogP contribution is 2.27. The Labute approximate surface area is 156 Å². The van der Waals surface area contributed by atoms with Gasteiger partial charge in [0.2, 0.25) is 15.9 Å². The van der Waals surface area contributed by atoms with Crippen molar-refractivity contribution < 1.29 is 17.6 Å². The van der Waals surface area contributed by atoms with Crippen LogP contribution in [0.3, 0.4) is 0 Å². The second kappa shape index (κ2) is 7.73. The fraction of sp³-hybridized carbons (Fsp3) is 0.278. The predicted octanol–water partition coefficient (Wildman–Crippen LogP) is 2.95. The molecule has 1 fully saturated rings. The number of hydrogen-bond acceptors (Lipinski definition) is 3. The molecule has 1 aliphatic rings. The van der Waals surface area contributed by atoms with E-state index in [0.29, 0.717) is 23.4 Å². The number of carbonyl (C=O) groups is 1. The van der Waals surface area contributed by atoms with Gasteiger partial charge in [-0.15, -0.1) is 0 Å². The molecule has 138 valence electrons. The fourth-order valence-electron chi connectivity index (χ4n) is 2.97. The lowest BCUT2D eigenvalue weighted by atomic mass is 10.2. The van der Waals surface area contributed by atoms with Gasteiger partial charge in [0.1, 0.15) is 11.9 Å². The minimum absolute atomic E-state index is 0.0108. The van der Waals surface area contributed by atoms with Gasteiger partial charge in [0.15, 0.2) is 0 Å². The molecule has 1 atom stereocenters. The molecule has 0 aliphatic carbocycles. The molecule has 0 spiro atoms. The molecule has 3 rings (SSSR count). The number of nitrogens with one attached hydrogen (secondary N) is 1. The SMILES string of the molecule is O=C(NCc1ccccc1F)[C@@H]1CCCN1S(=O)(=O)c1ccc(Cl)cc1. The predicted molar refractivity (Wildman–Crippen MR) is 96.6 cm³/mol. The van der Waals surface area contributed by atoms with E-state index in [9.17, 15) is 17.6 Å². The number of carbonyl (C=O) groups excluding carboxylic acids is 1. The monoisotopic (exact) mass is 396 g/mol. The van der Waals surface area contributed by atoms with Crippen molar-refractivity contribution in [3.8, 4) is 0 Å². The summed E-state index contributed by atoms with van der Waals surface area (Å²) < 4.78 is 40.5. The summed E-state index contributed by atoms with van der Waals surface area (Å²) in [6.45, 7) is 0.277. The number of halogens is 2. The Kier molecular flexibility index (Phi) is 5.60. The van der Waals surface area contributed by atoms with Crippen LogP contribution in [-0.2, 0) is 21.4 Å². The Morgan fingerprint density at radius 2 is 1.88 bits per heavy atom. The van der Waals surface area contributed by atoms with Crippen molar-refractivity contribution >= 4 is 27.5 Å². The number of amides is 1. The number of rotatable bonds is 5. The van der Waals surface area contributed by atoms with Crippen molar-refractivity contribution in [2.24, 2.45) is 0 Å². The lowest BCUT2D eigenvalue weighted by Gasteiger charge is -2.23. The first-order valence-corrected chi connectivity index (χ1v) is 10.00. The van der Waals surface area contributed by atoms with Gasteiger partial charge in [-0.25, -0.2) is 12.8 Å². The third-order valence-electron chi connectivity index (χ3n) is 4.34. The van der Waals surface area contributed by atoms with Gasteiger partial charge in [-0.1, -0.05) is 29.8 Å². The first kappa shape index (κ1) is 18.8. The summed E-state index contributed by atoms with van der Waals surface area (Å²) in [5.74, 6) is -0.840. The highest BCUT2D eigenvalue weighted by molar-refractivity contribution is 7.89. The molecule has 1 amide bonds. The molecule has 1 heterocycles. The van der Waals surface area contributed by atoms with Crippen molar-refractivity contribution in [1.82, 2.24) is 9.62 Å². The Morgan fingerprint density at radius 3 is 2.58 bits per heavy atom. The van der Waals surface area contributed by atoms with Crippen molar-refractivity contribution in [2.45, 2.75) is 30.3 Å². The van der Waals surface area contributed by atoms with E-state index in [2.05, 4.69) is 5.32 Å². The summed E-state index contributed by atoms with van der Waals surface area (Å²) in [5.41, 5.74) is 0.353. The van der Waals surface area contributed by atoms with Crippen molar-refractivity contribution in [1.29, 1.82) is 0 Å². The van der Waals surface area contributed by atoms with Crippen LogP contribution in [0.4, 0.5) is 4.39 Å². The molecule has 1 aliphatic heterocycles. The topological polar surface area (TPSA) is 66.5 Å². The van der Waals surface area contributed by atoms with Crippen LogP contribution in [0.25, 0.3) is 0 Å². The third kappa shape index (κ3) is 3.90. The number of hydrogen-bond donors (Lipinski definition) is 1. The summed E-state index contributed by atoms with van der Waals surface area (Å²) in [5, 5.41) is 3.07. The van der Waals surface area contributed by atoms with E-state index < -0.39 is 27.8 Å².